The van der Waals surface area contributed by atoms with Gasteiger partial charge < -0.3 is 9.13 Å². The van der Waals surface area contributed by atoms with Crippen LogP contribution in [0.15, 0.2) is 58.4 Å². The smallest absolute Gasteiger partial charge is 0.305 e. The first-order chi connectivity index (χ1) is 9.47. The van der Waals surface area contributed by atoms with Gasteiger partial charge in [-0.3, -0.25) is 9.59 Å². The molecule has 4 nitrogen and oxygen atoms in total. The SMILES string of the molecule is C=C(C)Cn1ccn(Cc2cccc(Cl)c2)c(=O)c1=O. The zero-order valence-electron chi connectivity index (χ0n) is 11.2. The zero-order valence-corrected chi connectivity index (χ0v) is 11.9. The summed E-state index contributed by atoms with van der Waals surface area (Å²) < 4.78 is 2.74. The van der Waals surface area contributed by atoms with Crippen molar-refractivity contribution in [2.45, 2.75) is 20.0 Å². The van der Waals surface area contributed by atoms with Crippen LogP contribution in [0.25, 0.3) is 0 Å². The van der Waals surface area contributed by atoms with Crippen molar-refractivity contribution in [2.24, 2.45) is 0 Å². The van der Waals surface area contributed by atoms with Crippen molar-refractivity contribution in [2.75, 3.05) is 0 Å². The first-order valence-corrected chi connectivity index (χ1v) is 6.54. The van der Waals surface area contributed by atoms with E-state index in [1.165, 1.54) is 9.13 Å². The second kappa shape index (κ2) is 5.92. The van der Waals surface area contributed by atoms with Crippen molar-refractivity contribution < 1.29 is 0 Å². The highest BCUT2D eigenvalue weighted by Crippen LogP contribution is 2.11. The molecular weight excluding hydrogens is 276 g/mol. The molecule has 104 valence electrons. The van der Waals surface area contributed by atoms with Gasteiger partial charge >= 0.3 is 11.1 Å². The molecule has 2 aromatic rings. The summed E-state index contributed by atoms with van der Waals surface area (Å²) in [6.07, 6.45) is 3.20. The molecule has 0 aliphatic rings. The van der Waals surface area contributed by atoms with Crippen LogP contribution in [-0.2, 0) is 13.1 Å². The molecule has 0 radical (unpaired) electrons. The number of halogens is 1. The Morgan fingerprint density at radius 3 is 2.50 bits per heavy atom. The van der Waals surface area contributed by atoms with Gasteiger partial charge in [-0.2, -0.15) is 0 Å². The summed E-state index contributed by atoms with van der Waals surface area (Å²) in [5, 5.41) is 0.603. The molecule has 1 heterocycles. The van der Waals surface area contributed by atoms with Gasteiger partial charge in [0.2, 0.25) is 0 Å². The van der Waals surface area contributed by atoms with Gasteiger partial charge in [0.1, 0.15) is 0 Å². The predicted molar refractivity (Wildman–Crippen MR) is 80.3 cm³/mol. The van der Waals surface area contributed by atoms with Crippen LogP contribution in [0.5, 0.6) is 0 Å². The lowest BCUT2D eigenvalue weighted by Crippen LogP contribution is -2.40. The Bertz CT molecular complexity index is 759. The number of aromatic nitrogens is 2. The van der Waals surface area contributed by atoms with Crippen LogP contribution in [0.1, 0.15) is 12.5 Å². The van der Waals surface area contributed by atoms with Crippen LogP contribution >= 0.6 is 11.6 Å². The Hall–Kier alpha value is -2.07. The summed E-state index contributed by atoms with van der Waals surface area (Å²) in [7, 11) is 0. The van der Waals surface area contributed by atoms with Crippen LogP contribution in [0, 0.1) is 0 Å². The normalized spacial score (nSPS) is 10.5. The number of allylic oxidation sites excluding steroid dienone is 1. The van der Waals surface area contributed by atoms with Crippen molar-refractivity contribution in [3.63, 3.8) is 0 Å². The Morgan fingerprint density at radius 2 is 1.85 bits per heavy atom. The Morgan fingerprint density at radius 1 is 1.20 bits per heavy atom. The van der Waals surface area contributed by atoms with E-state index in [0.717, 1.165) is 11.1 Å². The van der Waals surface area contributed by atoms with Gasteiger partial charge in [0.25, 0.3) is 0 Å². The first-order valence-electron chi connectivity index (χ1n) is 6.16. The van der Waals surface area contributed by atoms with Gasteiger partial charge in [-0.15, -0.1) is 0 Å². The fourth-order valence-electron chi connectivity index (χ4n) is 1.91. The first kappa shape index (κ1) is 14.3. The van der Waals surface area contributed by atoms with Crippen molar-refractivity contribution in [3.05, 3.63) is 80.1 Å². The third-order valence-electron chi connectivity index (χ3n) is 2.81. The molecule has 1 aromatic carbocycles. The number of nitrogens with zero attached hydrogens (tertiary/aromatic N) is 2. The van der Waals surface area contributed by atoms with E-state index in [4.69, 9.17) is 11.6 Å². The zero-order chi connectivity index (χ0) is 14.7. The molecule has 0 atom stereocenters. The molecule has 0 N–H and O–H groups in total. The van der Waals surface area contributed by atoms with Crippen molar-refractivity contribution in [1.82, 2.24) is 9.13 Å². The standard InChI is InChI=1S/C15H15ClN2O2/c1-11(2)9-17-6-7-18(15(20)14(17)19)10-12-4-3-5-13(16)8-12/h3-8H,1,9-10H2,2H3. The molecule has 0 fully saturated rings. The highest BCUT2D eigenvalue weighted by molar-refractivity contribution is 6.30. The maximum absolute atomic E-state index is 12.0. The topological polar surface area (TPSA) is 44.0 Å². The average Bonchev–Trinajstić information content (AvgIpc) is 2.38. The van der Waals surface area contributed by atoms with Crippen molar-refractivity contribution in [1.29, 1.82) is 0 Å². The molecule has 1 aromatic heterocycles. The van der Waals surface area contributed by atoms with E-state index in [2.05, 4.69) is 6.58 Å². The summed E-state index contributed by atoms with van der Waals surface area (Å²) >= 11 is 5.90. The summed E-state index contributed by atoms with van der Waals surface area (Å²) in [5.74, 6) is 0. The molecule has 2 rings (SSSR count). The number of hydrogen-bond acceptors (Lipinski definition) is 2. The van der Waals surface area contributed by atoms with Gasteiger partial charge in [0.15, 0.2) is 0 Å². The molecule has 0 aliphatic carbocycles. The summed E-state index contributed by atoms with van der Waals surface area (Å²) in [5.41, 5.74) is 0.599. The molecule has 20 heavy (non-hydrogen) atoms. The van der Waals surface area contributed by atoms with E-state index in [1.807, 2.05) is 19.1 Å². The quantitative estimate of drug-likeness (QED) is 0.640. The molecule has 0 amide bonds. The lowest BCUT2D eigenvalue weighted by Gasteiger charge is -2.09. The largest absolute Gasteiger partial charge is 0.316 e. The highest BCUT2D eigenvalue weighted by atomic mass is 35.5. The second-order valence-electron chi connectivity index (χ2n) is 4.75. The Labute approximate surface area is 121 Å². The maximum Gasteiger partial charge on any atom is 0.316 e. The van der Waals surface area contributed by atoms with E-state index in [-0.39, 0.29) is 0 Å². The van der Waals surface area contributed by atoms with Gasteiger partial charge in [0, 0.05) is 24.0 Å². The van der Waals surface area contributed by atoms with Gasteiger partial charge in [-0.25, -0.2) is 0 Å². The highest BCUT2D eigenvalue weighted by Gasteiger charge is 2.05. The summed E-state index contributed by atoms with van der Waals surface area (Å²) in [4.78, 5) is 24.0. The lowest BCUT2D eigenvalue weighted by molar-refractivity contribution is 0.662. The second-order valence-corrected chi connectivity index (χ2v) is 5.19. The molecule has 0 unspecified atom stereocenters. The molecular formula is C15H15ClN2O2. The molecule has 0 saturated heterocycles. The monoisotopic (exact) mass is 290 g/mol. The van der Waals surface area contributed by atoms with E-state index >= 15 is 0 Å². The lowest BCUT2D eigenvalue weighted by atomic mass is 10.2. The maximum atomic E-state index is 12.0. The Kier molecular flexibility index (Phi) is 4.25. The molecule has 0 aliphatic heterocycles. The van der Waals surface area contributed by atoms with Crippen LogP contribution in [0.2, 0.25) is 5.02 Å². The fourth-order valence-corrected chi connectivity index (χ4v) is 2.13. The number of rotatable bonds is 4. The van der Waals surface area contributed by atoms with E-state index in [1.54, 1.807) is 24.5 Å². The van der Waals surface area contributed by atoms with Crippen molar-refractivity contribution in [3.8, 4) is 0 Å². The van der Waals surface area contributed by atoms with Gasteiger partial charge in [-0.1, -0.05) is 35.9 Å². The summed E-state index contributed by atoms with van der Waals surface area (Å²) in [6, 6.07) is 7.20. The van der Waals surface area contributed by atoms with Crippen LogP contribution in [0.4, 0.5) is 0 Å². The summed E-state index contributed by atoms with van der Waals surface area (Å²) in [6.45, 7) is 6.22. The van der Waals surface area contributed by atoms with Gasteiger partial charge in [0.05, 0.1) is 6.54 Å². The van der Waals surface area contributed by atoms with E-state index in [9.17, 15) is 9.59 Å². The van der Waals surface area contributed by atoms with Gasteiger partial charge in [-0.05, 0) is 24.6 Å². The van der Waals surface area contributed by atoms with E-state index in [0.29, 0.717) is 18.1 Å². The number of hydrogen-bond donors (Lipinski definition) is 0. The molecule has 0 saturated carbocycles. The minimum Gasteiger partial charge on any atom is -0.305 e. The van der Waals surface area contributed by atoms with E-state index < -0.39 is 11.1 Å². The molecule has 5 heteroatoms. The van der Waals surface area contributed by atoms with Crippen LogP contribution < -0.4 is 11.1 Å². The minimum atomic E-state index is -0.547. The average molecular weight is 291 g/mol. The third kappa shape index (κ3) is 3.27. The fraction of sp³-hybridized carbons (Fsp3) is 0.200. The predicted octanol–water partition coefficient (Wildman–Crippen LogP) is 2.29. The molecule has 0 spiro atoms. The Balaban J connectivity index is 2.35. The van der Waals surface area contributed by atoms with Crippen molar-refractivity contribution >= 4 is 11.6 Å². The molecule has 0 bridgehead atoms. The van der Waals surface area contributed by atoms with Crippen LogP contribution in [0.3, 0.4) is 0 Å². The third-order valence-corrected chi connectivity index (χ3v) is 3.05. The van der Waals surface area contributed by atoms with Crippen LogP contribution in [-0.4, -0.2) is 9.13 Å². The minimum absolute atomic E-state index is 0.322. The number of benzene rings is 1.